The number of amides is 1. The average Bonchev–Trinajstić information content (AvgIpc) is 2.53. The number of nitrogens with one attached hydrogen (secondary N) is 1. The van der Waals surface area contributed by atoms with Crippen molar-refractivity contribution in [3.8, 4) is 5.75 Å². The summed E-state index contributed by atoms with van der Waals surface area (Å²) in [5, 5.41) is 2.92. The van der Waals surface area contributed by atoms with Crippen molar-refractivity contribution in [2.24, 2.45) is 0 Å². The van der Waals surface area contributed by atoms with Crippen LogP contribution in [0.2, 0.25) is 0 Å². The fourth-order valence-electron chi connectivity index (χ4n) is 2.05. The van der Waals surface area contributed by atoms with Crippen molar-refractivity contribution >= 4 is 5.91 Å². The summed E-state index contributed by atoms with van der Waals surface area (Å²) in [6.07, 6.45) is 0. The molecule has 0 aliphatic rings. The average molecular weight is 283 g/mol. The van der Waals surface area contributed by atoms with Crippen molar-refractivity contribution in [1.29, 1.82) is 0 Å². The first-order valence-electron chi connectivity index (χ1n) is 7.11. The molecule has 2 aromatic rings. The predicted octanol–water partition coefficient (Wildman–Crippen LogP) is 3.75. The minimum atomic E-state index is -0.0782. The van der Waals surface area contributed by atoms with Gasteiger partial charge >= 0.3 is 0 Å². The smallest absolute Gasteiger partial charge is 0.251 e. The number of rotatable bonds is 5. The molecule has 0 spiro atoms. The first-order valence-corrected chi connectivity index (χ1v) is 7.11. The molecule has 1 N–H and O–H groups in total. The molecule has 0 unspecified atom stereocenters. The van der Waals surface area contributed by atoms with E-state index < -0.39 is 0 Å². The van der Waals surface area contributed by atoms with Crippen molar-refractivity contribution < 1.29 is 9.53 Å². The molecule has 3 heteroatoms. The zero-order chi connectivity index (χ0) is 15.2. The van der Waals surface area contributed by atoms with Crippen molar-refractivity contribution in [2.75, 3.05) is 7.11 Å². The normalized spacial score (nSPS) is 10.5. The van der Waals surface area contributed by atoms with E-state index in [1.165, 1.54) is 5.56 Å². The summed E-state index contributed by atoms with van der Waals surface area (Å²) in [4.78, 5) is 12.0. The molecule has 0 heterocycles. The molecule has 0 fully saturated rings. The summed E-state index contributed by atoms with van der Waals surface area (Å²) in [6, 6.07) is 15.4. The standard InChI is InChI=1S/C18H21NO2/c1-13(2)15-6-4-14(5-7-15)12-19-18(20)16-8-10-17(21-3)11-9-16/h4-11,13H,12H2,1-3H3,(H,19,20). The van der Waals surface area contributed by atoms with E-state index in [0.29, 0.717) is 18.0 Å². The molecule has 0 saturated heterocycles. The molecule has 0 radical (unpaired) electrons. The molecule has 0 bridgehead atoms. The molecular weight excluding hydrogens is 262 g/mol. The van der Waals surface area contributed by atoms with Gasteiger partial charge in [-0.25, -0.2) is 0 Å². The van der Waals surface area contributed by atoms with Crippen LogP contribution < -0.4 is 10.1 Å². The predicted molar refractivity (Wildman–Crippen MR) is 84.7 cm³/mol. The summed E-state index contributed by atoms with van der Waals surface area (Å²) in [6.45, 7) is 4.87. The van der Waals surface area contributed by atoms with E-state index in [2.05, 4.69) is 43.4 Å². The highest BCUT2D eigenvalue weighted by Crippen LogP contribution is 2.15. The van der Waals surface area contributed by atoms with Crippen molar-refractivity contribution in [3.05, 3.63) is 65.2 Å². The van der Waals surface area contributed by atoms with Gasteiger partial charge in [-0.05, 0) is 41.3 Å². The number of hydrogen-bond acceptors (Lipinski definition) is 2. The Balaban J connectivity index is 1.93. The van der Waals surface area contributed by atoms with Gasteiger partial charge in [0.2, 0.25) is 0 Å². The van der Waals surface area contributed by atoms with Gasteiger partial charge in [-0.3, -0.25) is 4.79 Å². The SMILES string of the molecule is COc1ccc(C(=O)NCc2ccc(C(C)C)cc2)cc1. The van der Waals surface area contributed by atoms with Crippen LogP contribution in [0.1, 0.15) is 41.3 Å². The second-order valence-electron chi connectivity index (χ2n) is 5.31. The van der Waals surface area contributed by atoms with Gasteiger partial charge in [0.25, 0.3) is 5.91 Å². The lowest BCUT2D eigenvalue weighted by molar-refractivity contribution is 0.0951. The van der Waals surface area contributed by atoms with Crippen LogP contribution in [0.15, 0.2) is 48.5 Å². The highest BCUT2D eigenvalue weighted by Gasteiger charge is 2.05. The van der Waals surface area contributed by atoms with Gasteiger partial charge in [0, 0.05) is 12.1 Å². The summed E-state index contributed by atoms with van der Waals surface area (Å²) >= 11 is 0. The molecule has 2 aromatic carbocycles. The Hall–Kier alpha value is -2.29. The van der Waals surface area contributed by atoms with Crippen LogP contribution in [-0.4, -0.2) is 13.0 Å². The Morgan fingerprint density at radius 3 is 2.19 bits per heavy atom. The molecule has 0 atom stereocenters. The third kappa shape index (κ3) is 4.09. The molecule has 0 aromatic heterocycles. The quantitative estimate of drug-likeness (QED) is 0.907. The number of ether oxygens (including phenoxy) is 1. The maximum absolute atomic E-state index is 12.0. The lowest BCUT2D eigenvalue weighted by Gasteiger charge is -2.08. The molecular formula is C18H21NO2. The maximum atomic E-state index is 12.0. The highest BCUT2D eigenvalue weighted by molar-refractivity contribution is 5.94. The highest BCUT2D eigenvalue weighted by atomic mass is 16.5. The second-order valence-corrected chi connectivity index (χ2v) is 5.31. The van der Waals surface area contributed by atoms with Gasteiger partial charge in [-0.15, -0.1) is 0 Å². The van der Waals surface area contributed by atoms with Crippen molar-refractivity contribution in [2.45, 2.75) is 26.3 Å². The summed E-state index contributed by atoms with van der Waals surface area (Å²) < 4.78 is 5.08. The zero-order valence-corrected chi connectivity index (χ0v) is 12.7. The molecule has 21 heavy (non-hydrogen) atoms. The lowest BCUT2D eigenvalue weighted by atomic mass is 10.0. The number of carbonyl (C=O) groups is 1. The number of benzene rings is 2. The van der Waals surface area contributed by atoms with Gasteiger partial charge in [0.15, 0.2) is 0 Å². The van der Waals surface area contributed by atoms with Crippen molar-refractivity contribution in [3.63, 3.8) is 0 Å². The monoisotopic (exact) mass is 283 g/mol. The first-order chi connectivity index (χ1) is 10.1. The van der Waals surface area contributed by atoms with Gasteiger partial charge in [0.05, 0.1) is 7.11 Å². The van der Waals surface area contributed by atoms with Gasteiger partial charge in [0.1, 0.15) is 5.75 Å². The van der Waals surface area contributed by atoms with Crippen LogP contribution in [0.5, 0.6) is 5.75 Å². The molecule has 2 rings (SSSR count). The van der Waals surface area contributed by atoms with E-state index in [-0.39, 0.29) is 5.91 Å². The Bertz CT molecular complexity index is 586. The maximum Gasteiger partial charge on any atom is 0.251 e. The second kappa shape index (κ2) is 6.93. The third-order valence-electron chi connectivity index (χ3n) is 3.45. The molecule has 1 amide bonds. The minimum Gasteiger partial charge on any atom is -0.497 e. The van der Waals surface area contributed by atoms with Crippen molar-refractivity contribution in [1.82, 2.24) is 5.32 Å². The molecule has 0 aliphatic carbocycles. The van der Waals surface area contributed by atoms with Gasteiger partial charge in [-0.1, -0.05) is 38.1 Å². The molecule has 0 aliphatic heterocycles. The van der Waals surface area contributed by atoms with E-state index in [1.54, 1.807) is 31.4 Å². The van der Waals surface area contributed by atoms with E-state index >= 15 is 0 Å². The molecule has 0 saturated carbocycles. The third-order valence-corrected chi connectivity index (χ3v) is 3.45. The fraction of sp³-hybridized carbons (Fsp3) is 0.278. The van der Waals surface area contributed by atoms with Crippen LogP contribution in [0.3, 0.4) is 0 Å². The van der Waals surface area contributed by atoms with Crippen LogP contribution in [0.25, 0.3) is 0 Å². The largest absolute Gasteiger partial charge is 0.497 e. The van der Waals surface area contributed by atoms with Crippen LogP contribution >= 0.6 is 0 Å². The van der Waals surface area contributed by atoms with E-state index in [0.717, 1.165) is 11.3 Å². The summed E-state index contributed by atoms with van der Waals surface area (Å²) in [7, 11) is 1.61. The number of carbonyl (C=O) groups excluding carboxylic acids is 1. The van der Waals surface area contributed by atoms with E-state index in [4.69, 9.17) is 4.74 Å². The van der Waals surface area contributed by atoms with E-state index in [9.17, 15) is 4.79 Å². The molecule has 3 nitrogen and oxygen atoms in total. The topological polar surface area (TPSA) is 38.3 Å². The Labute approximate surface area is 126 Å². The van der Waals surface area contributed by atoms with Gasteiger partial charge in [-0.2, -0.15) is 0 Å². The first kappa shape index (κ1) is 15.1. The summed E-state index contributed by atoms with van der Waals surface area (Å²) in [5.41, 5.74) is 3.04. The Morgan fingerprint density at radius 1 is 1.05 bits per heavy atom. The lowest BCUT2D eigenvalue weighted by Crippen LogP contribution is -2.22. The number of hydrogen-bond donors (Lipinski definition) is 1. The Morgan fingerprint density at radius 2 is 1.67 bits per heavy atom. The van der Waals surface area contributed by atoms with E-state index in [1.807, 2.05) is 0 Å². The van der Waals surface area contributed by atoms with Crippen LogP contribution in [0, 0.1) is 0 Å². The van der Waals surface area contributed by atoms with Crippen LogP contribution in [-0.2, 0) is 6.54 Å². The van der Waals surface area contributed by atoms with Crippen LogP contribution in [0.4, 0.5) is 0 Å². The minimum absolute atomic E-state index is 0.0782. The number of methoxy groups -OCH3 is 1. The Kier molecular flexibility index (Phi) is 4.99. The summed E-state index contributed by atoms with van der Waals surface area (Å²) in [5.74, 6) is 1.19. The fourth-order valence-corrected chi connectivity index (χ4v) is 2.05. The zero-order valence-electron chi connectivity index (χ0n) is 12.7. The van der Waals surface area contributed by atoms with Gasteiger partial charge < -0.3 is 10.1 Å². The molecule has 110 valence electrons.